The zero-order valence-electron chi connectivity index (χ0n) is 15.0. The fourth-order valence-electron chi connectivity index (χ4n) is 3.31. The lowest BCUT2D eigenvalue weighted by atomic mass is 10.1. The van der Waals surface area contributed by atoms with Crippen molar-refractivity contribution in [3.05, 3.63) is 65.3 Å². The zero-order chi connectivity index (χ0) is 19.3. The number of halogens is 1. The molecule has 4 aromatic rings. The summed E-state index contributed by atoms with van der Waals surface area (Å²) in [5.41, 5.74) is 5.20. The minimum absolute atomic E-state index is 0.0675. The molecule has 0 bridgehead atoms. The van der Waals surface area contributed by atoms with Gasteiger partial charge in [0, 0.05) is 34.9 Å². The Balaban J connectivity index is 1.64. The van der Waals surface area contributed by atoms with Crippen molar-refractivity contribution < 1.29 is 9.53 Å². The molecule has 1 aliphatic heterocycles. The molecular formula is C21H15BrN4O2. The van der Waals surface area contributed by atoms with E-state index in [2.05, 4.69) is 20.9 Å². The molecule has 0 saturated heterocycles. The minimum Gasteiger partial charge on any atom is -0.482 e. The quantitative estimate of drug-likeness (QED) is 0.474. The van der Waals surface area contributed by atoms with Crippen molar-refractivity contribution >= 4 is 33.2 Å². The molecule has 7 heteroatoms. The van der Waals surface area contributed by atoms with Crippen molar-refractivity contribution in [2.24, 2.45) is 0 Å². The smallest absolute Gasteiger partial charge is 0.264 e. The van der Waals surface area contributed by atoms with E-state index in [9.17, 15) is 4.79 Å². The molecule has 1 aliphatic rings. The molecule has 6 nitrogen and oxygen atoms in total. The molecule has 3 heterocycles. The Morgan fingerprint density at radius 1 is 1.04 bits per heavy atom. The average molecular weight is 435 g/mol. The Hall–Kier alpha value is -3.19. The SMILES string of the molecule is CN1C(=O)COc2ccc(-c3ccnc4cc(-c5ccc(Br)cc5)nn34)cc21. The highest BCUT2D eigenvalue weighted by Gasteiger charge is 2.23. The van der Waals surface area contributed by atoms with Crippen molar-refractivity contribution in [2.45, 2.75) is 0 Å². The molecule has 5 rings (SSSR count). The van der Waals surface area contributed by atoms with E-state index in [1.54, 1.807) is 18.1 Å². The van der Waals surface area contributed by atoms with Gasteiger partial charge >= 0.3 is 0 Å². The van der Waals surface area contributed by atoms with Crippen LogP contribution >= 0.6 is 15.9 Å². The number of likely N-dealkylation sites (N-methyl/N-ethyl adjacent to an activating group) is 1. The van der Waals surface area contributed by atoms with Gasteiger partial charge in [-0.25, -0.2) is 9.50 Å². The second-order valence-electron chi connectivity index (χ2n) is 6.56. The predicted octanol–water partition coefficient (Wildman–Crippen LogP) is 4.18. The third-order valence-electron chi connectivity index (χ3n) is 4.84. The average Bonchev–Trinajstić information content (AvgIpc) is 3.15. The number of ether oxygens (including phenoxy) is 1. The number of benzene rings is 2. The normalized spacial score (nSPS) is 13.5. The summed E-state index contributed by atoms with van der Waals surface area (Å²) in [6.45, 7) is 0.0675. The Morgan fingerprint density at radius 2 is 1.82 bits per heavy atom. The summed E-state index contributed by atoms with van der Waals surface area (Å²) in [5.74, 6) is 0.633. The first kappa shape index (κ1) is 16.9. The van der Waals surface area contributed by atoms with Gasteiger partial charge in [0.2, 0.25) is 0 Å². The summed E-state index contributed by atoms with van der Waals surface area (Å²) in [6.07, 6.45) is 1.77. The van der Waals surface area contributed by atoms with Crippen LogP contribution in [0, 0.1) is 0 Å². The molecule has 0 saturated carbocycles. The lowest BCUT2D eigenvalue weighted by Gasteiger charge is -2.26. The predicted molar refractivity (Wildman–Crippen MR) is 110 cm³/mol. The van der Waals surface area contributed by atoms with Gasteiger partial charge in [-0.3, -0.25) is 4.79 Å². The highest BCUT2D eigenvalue weighted by atomic mass is 79.9. The van der Waals surface area contributed by atoms with Gasteiger partial charge in [-0.2, -0.15) is 5.10 Å². The third kappa shape index (κ3) is 2.75. The van der Waals surface area contributed by atoms with E-state index in [1.807, 2.05) is 59.1 Å². The standard InChI is InChI=1S/C21H15BrN4O2/c1-25-18-10-14(4-7-19(18)28-12-21(25)27)17-8-9-23-20-11-16(24-26(17)20)13-2-5-15(22)6-3-13/h2-11H,12H2,1H3. The summed E-state index contributed by atoms with van der Waals surface area (Å²) in [6, 6.07) is 17.7. The van der Waals surface area contributed by atoms with E-state index in [1.165, 1.54) is 0 Å². The third-order valence-corrected chi connectivity index (χ3v) is 5.37. The van der Waals surface area contributed by atoms with Crippen molar-refractivity contribution in [1.29, 1.82) is 0 Å². The molecule has 28 heavy (non-hydrogen) atoms. The largest absolute Gasteiger partial charge is 0.482 e. The molecular weight excluding hydrogens is 420 g/mol. The van der Waals surface area contributed by atoms with Crippen molar-refractivity contribution in [2.75, 3.05) is 18.6 Å². The fraction of sp³-hybridized carbons (Fsp3) is 0.0952. The van der Waals surface area contributed by atoms with Crippen LogP contribution in [0.1, 0.15) is 0 Å². The molecule has 0 atom stereocenters. The Bertz CT molecular complexity index is 1220. The Morgan fingerprint density at radius 3 is 2.64 bits per heavy atom. The maximum Gasteiger partial charge on any atom is 0.264 e. The number of amides is 1. The van der Waals surface area contributed by atoms with Crippen LogP contribution in [-0.4, -0.2) is 34.2 Å². The number of hydrogen-bond donors (Lipinski definition) is 0. The molecule has 0 fully saturated rings. The van der Waals surface area contributed by atoms with Crippen LogP contribution in [0.4, 0.5) is 5.69 Å². The fourth-order valence-corrected chi connectivity index (χ4v) is 3.57. The first-order valence-corrected chi connectivity index (χ1v) is 9.54. The molecule has 0 spiro atoms. The second kappa shape index (κ2) is 6.45. The zero-order valence-corrected chi connectivity index (χ0v) is 16.5. The summed E-state index contributed by atoms with van der Waals surface area (Å²) in [5, 5.41) is 4.76. The van der Waals surface area contributed by atoms with Crippen LogP contribution in [0.25, 0.3) is 28.2 Å². The molecule has 2 aromatic heterocycles. The Kier molecular flexibility index (Phi) is 3.91. The minimum atomic E-state index is -0.0684. The van der Waals surface area contributed by atoms with Gasteiger partial charge in [-0.15, -0.1) is 0 Å². The van der Waals surface area contributed by atoms with Crippen LogP contribution in [0.2, 0.25) is 0 Å². The first-order chi connectivity index (χ1) is 13.6. The van der Waals surface area contributed by atoms with E-state index in [-0.39, 0.29) is 12.5 Å². The van der Waals surface area contributed by atoms with E-state index in [0.29, 0.717) is 5.75 Å². The molecule has 0 N–H and O–H groups in total. The molecule has 2 aromatic carbocycles. The molecule has 138 valence electrons. The summed E-state index contributed by atoms with van der Waals surface area (Å²) >= 11 is 3.46. The highest BCUT2D eigenvalue weighted by Crippen LogP contribution is 2.35. The maximum absolute atomic E-state index is 12.0. The molecule has 0 aliphatic carbocycles. The number of carbonyl (C=O) groups is 1. The van der Waals surface area contributed by atoms with Gasteiger partial charge in [0.1, 0.15) is 5.75 Å². The second-order valence-corrected chi connectivity index (χ2v) is 7.48. The topological polar surface area (TPSA) is 59.7 Å². The summed E-state index contributed by atoms with van der Waals surface area (Å²) < 4.78 is 8.37. The summed E-state index contributed by atoms with van der Waals surface area (Å²) in [4.78, 5) is 18.0. The monoisotopic (exact) mass is 434 g/mol. The van der Waals surface area contributed by atoms with Gasteiger partial charge in [0.25, 0.3) is 5.91 Å². The first-order valence-electron chi connectivity index (χ1n) is 8.75. The molecule has 0 unspecified atom stereocenters. The van der Waals surface area contributed by atoms with Gasteiger partial charge < -0.3 is 9.64 Å². The van der Waals surface area contributed by atoms with Gasteiger partial charge in [-0.1, -0.05) is 28.1 Å². The van der Waals surface area contributed by atoms with Crippen LogP contribution < -0.4 is 9.64 Å². The van der Waals surface area contributed by atoms with Crippen LogP contribution in [0.3, 0.4) is 0 Å². The van der Waals surface area contributed by atoms with Gasteiger partial charge in [0.15, 0.2) is 12.3 Å². The van der Waals surface area contributed by atoms with E-state index < -0.39 is 0 Å². The van der Waals surface area contributed by atoms with Gasteiger partial charge in [0.05, 0.1) is 17.1 Å². The van der Waals surface area contributed by atoms with Crippen LogP contribution in [-0.2, 0) is 4.79 Å². The number of rotatable bonds is 2. The van der Waals surface area contributed by atoms with Crippen molar-refractivity contribution in [3.63, 3.8) is 0 Å². The van der Waals surface area contributed by atoms with Crippen molar-refractivity contribution in [1.82, 2.24) is 14.6 Å². The van der Waals surface area contributed by atoms with Crippen LogP contribution in [0.15, 0.2) is 65.3 Å². The van der Waals surface area contributed by atoms with E-state index in [0.717, 1.165) is 38.3 Å². The number of anilines is 1. The summed E-state index contributed by atoms with van der Waals surface area (Å²) in [7, 11) is 1.76. The molecule has 0 radical (unpaired) electrons. The number of hydrogen-bond acceptors (Lipinski definition) is 4. The Labute approximate surface area is 169 Å². The highest BCUT2D eigenvalue weighted by molar-refractivity contribution is 9.10. The van der Waals surface area contributed by atoms with Crippen LogP contribution in [0.5, 0.6) is 5.75 Å². The number of aromatic nitrogens is 3. The lowest BCUT2D eigenvalue weighted by Crippen LogP contribution is -2.35. The van der Waals surface area contributed by atoms with E-state index >= 15 is 0 Å². The van der Waals surface area contributed by atoms with Gasteiger partial charge in [-0.05, 0) is 36.4 Å². The maximum atomic E-state index is 12.0. The number of carbonyl (C=O) groups excluding carboxylic acids is 1. The number of nitrogens with zero attached hydrogens (tertiary/aromatic N) is 4. The van der Waals surface area contributed by atoms with E-state index in [4.69, 9.17) is 9.84 Å². The molecule has 1 amide bonds. The number of fused-ring (bicyclic) bond motifs is 2. The van der Waals surface area contributed by atoms with Crippen molar-refractivity contribution in [3.8, 4) is 28.3 Å². The lowest BCUT2D eigenvalue weighted by molar-refractivity contribution is -0.120.